The van der Waals surface area contributed by atoms with Gasteiger partial charge in [-0.3, -0.25) is 4.79 Å². The average molecular weight is 248 g/mol. The van der Waals surface area contributed by atoms with Crippen LogP contribution in [0.4, 0.5) is 0 Å². The molecule has 0 aromatic carbocycles. The summed E-state index contributed by atoms with van der Waals surface area (Å²) in [5.41, 5.74) is 0. The molecular formula is C12H24O5. The van der Waals surface area contributed by atoms with Crippen LogP contribution in [-0.2, 0) is 23.7 Å². The highest BCUT2D eigenvalue weighted by atomic mass is 16.6. The first-order valence-corrected chi connectivity index (χ1v) is 6.01. The molecule has 2 atom stereocenters. The zero-order chi connectivity index (χ0) is 12.9. The van der Waals surface area contributed by atoms with E-state index in [4.69, 9.17) is 14.2 Å². The second kappa shape index (κ2) is 11.8. The summed E-state index contributed by atoms with van der Waals surface area (Å²) < 4.78 is 20.6. The van der Waals surface area contributed by atoms with E-state index >= 15 is 0 Å². The molecule has 0 bridgehead atoms. The molecule has 2 unspecified atom stereocenters. The Kier molecular flexibility index (Phi) is 11.4. The second-order valence-corrected chi connectivity index (χ2v) is 3.78. The van der Waals surface area contributed by atoms with Crippen molar-refractivity contribution in [3.05, 3.63) is 0 Å². The maximum absolute atomic E-state index is 9.93. The zero-order valence-corrected chi connectivity index (χ0v) is 11.0. The van der Waals surface area contributed by atoms with Crippen LogP contribution >= 0.6 is 0 Å². The molecule has 0 aromatic heterocycles. The summed E-state index contributed by atoms with van der Waals surface area (Å²) in [5, 5.41) is 0. The summed E-state index contributed by atoms with van der Waals surface area (Å²) in [6.45, 7) is 6.45. The number of methoxy groups -OCH3 is 1. The van der Waals surface area contributed by atoms with Crippen molar-refractivity contribution in [2.24, 2.45) is 0 Å². The molecule has 5 nitrogen and oxygen atoms in total. The first-order valence-electron chi connectivity index (χ1n) is 6.01. The van der Waals surface area contributed by atoms with Gasteiger partial charge in [0.2, 0.25) is 0 Å². The van der Waals surface area contributed by atoms with Crippen molar-refractivity contribution in [2.75, 3.05) is 33.5 Å². The van der Waals surface area contributed by atoms with Gasteiger partial charge in [-0.25, -0.2) is 0 Å². The molecule has 0 N–H and O–H groups in total. The van der Waals surface area contributed by atoms with Crippen LogP contribution in [0.2, 0.25) is 0 Å². The van der Waals surface area contributed by atoms with Gasteiger partial charge in [-0.1, -0.05) is 6.92 Å². The summed E-state index contributed by atoms with van der Waals surface area (Å²) in [4.78, 5) is 9.93. The van der Waals surface area contributed by atoms with E-state index in [1.54, 1.807) is 7.11 Å². The Labute approximate surface area is 103 Å². The van der Waals surface area contributed by atoms with E-state index in [2.05, 4.69) is 11.7 Å². The van der Waals surface area contributed by atoms with Gasteiger partial charge in [0.1, 0.15) is 6.61 Å². The van der Waals surface area contributed by atoms with E-state index in [9.17, 15) is 4.79 Å². The van der Waals surface area contributed by atoms with Gasteiger partial charge >= 0.3 is 0 Å². The fraction of sp³-hybridized carbons (Fsp3) is 0.917. The summed E-state index contributed by atoms with van der Waals surface area (Å²) in [6.07, 6.45) is 2.03. The Hall–Kier alpha value is -0.650. The molecule has 0 heterocycles. The number of carbonyl (C=O) groups excluding carboxylic acids is 1. The Morgan fingerprint density at radius 2 is 1.82 bits per heavy atom. The topological polar surface area (TPSA) is 54.0 Å². The first kappa shape index (κ1) is 16.4. The quantitative estimate of drug-likeness (QED) is 0.386. The molecule has 0 amide bonds. The highest BCUT2D eigenvalue weighted by Gasteiger charge is 2.12. The third kappa shape index (κ3) is 10.2. The maximum atomic E-state index is 9.93. The van der Waals surface area contributed by atoms with Crippen LogP contribution in [0.5, 0.6) is 0 Å². The van der Waals surface area contributed by atoms with E-state index in [0.717, 1.165) is 12.8 Å². The molecule has 0 aliphatic rings. The summed E-state index contributed by atoms with van der Waals surface area (Å²) in [5.74, 6) is 0. The number of carbonyl (C=O) groups is 1. The van der Waals surface area contributed by atoms with Crippen molar-refractivity contribution in [2.45, 2.75) is 38.9 Å². The van der Waals surface area contributed by atoms with Gasteiger partial charge < -0.3 is 18.9 Å². The monoisotopic (exact) mass is 248 g/mol. The molecular weight excluding hydrogens is 224 g/mol. The molecule has 0 rings (SSSR count). The number of hydrogen-bond donors (Lipinski definition) is 0. The van der Waals surface area contributed by atoms with Crippen molar-refractivity contribution in [1.29, 1.82) is 0 Å². The Balaban J connectivity index is 3.59. The van der Waals surface area contributed by atoms with Crippen LogP contribution in [0.25, 0.3) is 0 Å². The summed E-state index contributed by atoms with van der Waals surface area (Å²) in [7, 11) is 1.65. The smallest absolute Gasteiger partial charge is 0.293 e. The van der Waals surface area contributed by atoms with Crippen molar-refractivity contribution in [3.8, 4) is 0 Å². The average Bonchev–Trinajstić information content (AvgIpc) is 2.33. The fourth-order valence-electron chi connectivity index (χ4n) is 1.43. The number of ether oxygens (including phenoxy) is 4. The lowest BCUT2D eigenvalue weighted by Gasteiger charge is -2.20. The lowest BCUT2D eigenvalue weighted by molar-refractivity contribution is -0.131. The van der Waals surface area contributed by atoms with Crippen molar-refractivity contribution in [1.82, 2.24) is 0 Å². The third-order valence-corrected chi connectivity index (χ3v) is 2.36. The predicted octanol–water partition coefficient (Wildman–Crippen LogP) is 1.40. The van der Waals surface area contributed by atoms with E-state index in [0.29, 0.717) is 32.9 Å². The van der Waals surface area contributed by atoms with E-state index in [1.807, 2.05) is 6.92 Å². The van der Waals surface area contributed by atoms with Crippen molar-refractivity contribution >= 4 is 6.47 Å². The van der Waals surface area contributed by atoms with Crippen molar-refractivity contribution < 1.29 is 23.7 Å². The van der Waals surface area contributed by atoms with Crippen LogP contribution in [0.15, 0.2) is 0 Å². The fourth-order valence-corrected chi connectivity index (χ4v) is 1.43. The van der Waals surface area contributed by atoms with Crippen LogP contribution in [0, 0.1) is 0 Å². The van der Waals surface area contributed by atoms with Gasteiger partial charge in [0, 0.05) is 7.11 Å². The minimum absolute atomic E-state index is 0.141. The van der Waals surface area contributed by atoms with Crippen LogP contribution in [0.3, 0.4) is 0 Å². The highest BCUT2D eigenvalue weighted by Crippen LogP contribution is 2.09. The molecule has 0 aromatic rings. The van der Waals surface area contributed by atoms with Gasteiger partial charge in [0.05, 0.1) is 32.0 Å². The van der Waals surface area contributed by atoms with Gasteiger partial charge in [-0.05, 0) is 19.8 Å². The SMILES string of the molecule is CCC(CC(C)OCCOC)OCCOC=O. The minimum atomic E-state index is 0.141. The zero-order valence-electron chi connectivity index (χ0n) is 11.0. The number of rotatable bonds is 12. The number of hydrogen-bond acceptors (Lipinski definition) is 5. The molecule has 17 heavy (non-hydrogen) atoms. The third-order valence-electron chi connectivity index (χ3n) is 2.36. The molecule has 0 aliphatic heterocycles. The van der Waals surface area contributed by atoms with Crippen molar-refractivity contribution in [3.63, 3.8) is 0 Å². The molecule has 0 spiro atoms. The minimum Gasteiger partial charge on any atom is -0.465 e. The predicted molar refractivity (Wildman–Crippen MR) is 64.0 cm³/mol. The molecule has 0 saturated heterocycles. The molecule has 0 aliphatic carbocycles. The standard InChI is InChI=1S/C12H24O5/c1-4-12(17-8-6-15-10-13)9-11(2)16-7-5-14-3/h10-12H,4-9H2,1-3H3. The van der Waals surface area contributed by atoms with E-state index in [1.165, 1.54) is 0 Å². The summed E-state index contributed by atoms with van der Waals surface area (Å²) >= 11 is 0. The largest absolute Gasteiger partial charge is 0.465 e. The van der Waals surface area contributed by atoms with E-state index < -0.39 is 0 Å². The molecule has 5 heteroatoms. The highest BCUT2D eigenvalue weighted by molar-refractivity contribution is 5.36. The molecule has 102 valence electrons. The van der Waals surface area contributed by atoms with Gasteiger partial charge in [0.25, 0.3) is 6.47 Å². The lowest BCUT2D eigenvalue weighted by Crippen LogP contribution is -2.23. The molecule has 0 radical (unpaired) electrons. The maximum Gasteiger partial charge on any atom is 0.293 e. The summed E-state index contributed by atoms with van der Waals surface area (Å²) in [6, 6.07) is 0. The van der Waals surface area contributed by atoms with Crippen LogP contribution in [-0.4, -0.2) is 52.2 Å². The Morgan fingerprint density at radius 3 is 2.41 bits per heavy atom. The second-order valence-electron chi connectivity index (χ2n) is 3.78. The Morgan fingerprint density at radius 1 is 1.12 bits per heavy atom. The van der Waals surface area contributed by atoms with Gasteiger partial charge in [-0.15, -0.1) is 0 Å². The molecule has 0 saturated carbocycles. The lowest BCUT2D eigenvalue weighted by atomic mass is 10.1. The van der Waals surface area contributed by atoms with Crippen LogP contribution in [0.1, 0.15) is 26.7 Å². The van der Waals surface area contributed by atoms with Crippen LogP contribution < -0.4 is 0 Å². The van der Waals surface area contributed by atoms with Gasteiger partial charge in [-0.2, -0.15) is 0 Å². The normalized spacial score (nSPS) is 14.3. The Bertz CT molecular complexity index is 174. The van der Waals surface area contributed by atoms with E-state index in [-0.39, 0.29) is 12.2 Å². The first-order chi connectivity index (χ1) is 8.24. The molecule has 0 fully saturated rings. The van der Waals surface area contributed by atoms with Gasteiger partial charge in [0.15, 0.2) is 0 Å².